The van der Waals surface area contributed by atoms with E-state index in [9.17, 15) is 4.79 Å². The van der Waals surface area contributed by atoms with Crippen molar-refractivity contribution < 1.29 is 14.6 Å². The Balaban J connectivity index is 2.00. The Morgan fingerprint density at radius 1 is 1.63 bits per heavy atom. The monoisotopic (exact) mass is 328 g/mol. The third kappa shape index (κ3) is 3.39. The van der Waals surface area contributed by atoms with Crippen LogP contribution in [0.3, 0.4) is 0 Å². The third-order valence-corrected chi connectivity index (χ3v) is 4.01. The minimum atomic E-state index is -0.386. The molecule has 1 aromatic rings. The number of aliphatic hydroxyl groups excluding tert-OH is 1. The van der Waals surface area contributed by atoms with Gasteiger partial charge < -0.3 is 20.1 Å². The molecule has 1 aliphatic heterocycles. The Hall–Kier alpha value is -1.27. The SMILES string of the molecule is COC(=O)NC1CCN(c2ccc(CO)c(Br)c2)C1. The highest BCUT2D eigenvalue weighted by Crippen LogP contribution is 2.26. The molecule has 1 unspecified atom stereocenters. The number of carbonyl (C=O) groups is 1. The second kappa shape index (κ2) is 6.25. The fraction of sp³-hybridized carbons (Fsp3) is 0.462. The summed E-state index contributed by atoms with van der Waals surface area (Å²) in [5.41, 5.74) is 1.95. The summed E-state index contributed by atoms with van der Waals surface area (Å²) >= 11 is 3.44. The van der Waals surface area contributed by atoms with Crippen molar-refractivity contribution in [3.63, 3.8) is 0 Å². The zero-order chi connectivity index (χ0) is 13.8. The summed E-state index contributed by atoms with van der Waals surface area (Å²) in [6, 6.07) is 5.99. The summed E-state index contributed by atoms with van der Waals surface area (Å²) in [7, 11) is 1.37. The van der Waals surface area contributed by atoms with Gasteiger partial charge in [-0.1, -0.05) is 22.0 Å². The highest BCUT2D eigenvalue weighted by atomic mass is 79.9. The van der Waals surface area contributed by atoms with Crippen LogP contribution in [0, 0.1) is 0 Å². The summed E-state index contributed by atoms with van der Waals surface area (Å²) in [4.78, 5) is 13.4. The van der Waals surface area contributed by atoms with E-state index in [1.54, 1.807) is 0 Å². The predicted molar refractivity (Wildman–Crippen MR) is 76.2 cm³/mol. The Bertz CT molecular complexity index is 467. The van der Waals surface area contributed by atoms with Crippen LogP contribution in [0.25, 0.3) is 0 Å². The molecule has 1 heterocycles. The number of nitrogens with one attached hydrogen (secondary N) is 1. The van der Waals surface area contributed by atoms with E-state index in [1.807, 2.05) is 18.2 Å². The number of amides is 1. The molecule has 1 amide bonds. The first kappa shape index (κ1) is 14.1. The molecule has 0 aliphatic carbocycles. The van der Waals surface area contributed by atoms with Crippen LogP contribution in [0.4, 0.5) is 10.5 Å². The molecule has 1 saturated heterocycles. The molecule has 0 radical (unpaired) electrons. The summed E-state index contributed by atoms with van der Waals surface area (Å²) in [6.45, 7) is 1.67. The molecule has 0 bridgehead atoms. The van der Waals surface area contributed by atoms with Crippen LogP contribution in [0.2, 0.25) is 0 Å². The highest BCUT2D eigenvalue weighted by molar-refractivity contribution is 9.10. The van der Waals surface area contributed by atoms with Gasteiger partial charge in [0.05, 0.1) is 19.8 Å². The van der Waals surface area contributed by atoms with Crippen LogP contribution in [0.1, 0.15) is 12.0 Å². The smallest absolute Gasteiger partial charge is 0.407 e. The Morgan fingerprint density at radius 3 is 3.05 bits per heavy atom. The molecule has 2 rings (SSSR count). The number of nitrogens with zero attached hydrogens (tertiary/aromatic N) is 1. The van der Waals surface area contributed by atoms with E-state index in [1.165, 1.54) is 7.11 Å². The van der Waals surface area contributed by atoms with E-state index in [2.05, 4.69) is 30.9 Å². The van der Waals surface area contributed by atoms with Crippen molar-refractivity contribution in [2.75, 3.05) is 25.1 Å². The molecule has 0 spiro atoms. The van der Waals surface area contributed by atoms with Crippen molar-refractivity contribution in [2.24, 2.45) is 0 Å². The van der Waals surface area contributed by atoms with E-state index in [0.29, 0.717) is 0 Å². The van der Waals surface area contributed by atoms with Gasteiger partial charge in [0.15, 0.2) is 0 Å². The number of benzene rings is 1. The molecule has 1 fully saturated rings. The first-order chi connectivity index (χ1) is 9.13. The van der Waals surface area contributed by atoms with Crippen molar-refractivity contribution in [1.29, 1.82) is 0 Å². The number of rotatable bonds is 3. The van der Waals surface area contributed by atoms with Crippen molar-refractivity contribution in [1.82, 2.24) is 5.32 Å². The standard InChI is InChI=1S/C13H17BrN2O3/c1-19-13(18)15-10-4-5-16(7-10)11-3-2-9(8-17)12(14)6-11/h2-3,6,10,17H,4-5,7-8H2,1H3,(H,15,18). The molecule has 1 aliphatic rings. The Morgan fingerprint density at radius 2 is 2.42 bits per heavy atom. The van der Waals surface area contributed by atoms with Crippen LogP contribution < -0.4 is 10.2 Å². The van der Waals surface area contributed by atoms with E-state index >= 15 is 0 Å². The fourth-order valence-electron chi connectivity index (χ4n) is 2.20. The van der Waals surface area contributed by atoms with Gasteiger partial charge in [-0.25, -0.2) is 4.79 Å². The fourth-order valence-corrected chi connectivity index (χ4v) is 2.69. The zero-order valence-corrected chi connectivity index (χ0v) is 12.3. The molecular formula is C13H17BrN2O3. The van der Waals surface area contributed by atoms with Gasteiger partial charge in [0.2, 0.25) is 0 Å². The van der Waals surface area contributed by atoms with Crippen LogP contribution in [-0.2, 0) is 11.3 Å². The maximum atomic E-state index is 11.2. The molecule has 0 saturated carbocycles. The minimum absolute atomic E-state index is 0.0212. The maximum absolute atomic E-state index is 11.2. The second-order valence-electron chi connectivity index (χ2n) is 4.50. The highest BCUT2D eigenvalue weighted by Gasteiger charge is 2.24. The number of hydrogen-bond donors (Lipinski definition) is 2. The minimum Gasteiger partial charge on any atom is -0.453 e. The summed E-state index contributed by atoms with van der Waals surface area (Å²) in [5, 5.41) is 11.9. The van der Waals surface area contributed by atoms with E-state index in [4.69, 9.17) is 5.11 Å². The van der Waals surface area contributed by atoms with Crippen LogP contribution in [0.5, 0.6) is 0 Å². The van der Waals surface area contributed by atoms with Crippen molar-refractivity contribution in [2.45, 2.75) is 19.1 Å². The van der Waals surface area contributed by atoms with Gasteiger partial charge in [-0.05, 0) is 24.1 Å². The molecule has 5 nitrogen and oxygen atoms in total. The van der Waals surface area contributed by atoms with Crippen LogP contribution >= 0.6 is 15.9 Å². The van der Waals surface area contributed by atoms with Crippen LogP contribution in [0.15, 0.2) is 22.7 Å². The molecular weight excluding hydrogens is 312 g/mol. The summed E-state index contributed by atoms with van der Waals surface area (Å²) in [6.07, 6.45) is 0.512. The van der Waals surface area contributed by atoms with Crippen molar-refractivity contribution in [3.05, 3.63) is 28.2 Å². The average molecular weight is 329 g/mol. The first-order valence-corrected chi connectivity index (χ1v) is 6.92. The largest absolute Gasteiger partial charge is 0.453 e. The second-order valence-corrected chi connectivity index (χ2v) is 5.36. The molecule has 6 heteroatoms. The molecule has 104 valence electrons. The first-order valence-electron chi connectivity index (χ1n) is 6.12. The Labute approximate surface area is 120 Å². The van der Waals surface area contributed by atoms with Crippen LogP contribution in [-0.4, -0.2) is 37.4 Å². The van der Waals surface area contributed by atoms with Crippen molar-refractivity contribution >= 4 is 27.7 Å². The topological polar surface area (TPSA) is 61.8 Å². The number of anilines is 1. The van der Waals surface area contributed by atoms with E-state index < -0.39 is 0 Å². The maximum Gasteiger partial charge on any atom is 0.407 e. The number of alkyl carbamates (subject to hydrolysis) is 1. The summed E-state index contributed by atoms with van der Waals surface area (Å²) < 4.78 is 5.50. The Kier molecular flexibility index (Phi) is 4.66. The van der Waals surface area contributed by atoms with Gasteiger partial charge in [0.1, 0.15) is 0 Å². The zero-order valence-electron chi connectivity index (χ0n) is 10.7. The van der Waals surface area contributed by atoms with Gasteiger partial charge in [-0.15, -0.1) is 0 Å². The lowest BCUT2D eigenvalue weighted by Crippen LogP contribution is -2.36. The van der Waals surface area contributed by atoms with E-state index in [-0.39, 0.29) is 18.7 Å². The number of methoxy groups -OCH3 is 1. The van der Waals surface area contributed by atoms with Gasteiger partial charge in [0.25, 0.3) is 0 Å². The molecule has 19 heavy (non-hydrogen) atoms. The average Bonchev–Trinajstić information content (AvgIpc) is 2.87. The molecule has 1 atom stereocenters. The number of halogens is 1. The lowest BCUT2D eigenvalue weighted by Gasteiger charge is -2.19. The number of hydrogen-bond acceptors (Lipinski definition) is 4. The van der Waals surface area contributed by atoms with Gasteiger partial charge in [-0.2, -0.15) is 0 Å². The predicted octanol–water partition coefficient (Wildman–Crippen LogP) is 1.88. The van der Waals surface area contributed by atoms with Gasteiger partial charge in [0, 0.05) is 23.2 Å². The van der Waals surface area contributed by atoms with E-state index in [0.717, 1.165) is 35.2 Å². The third-order valence-electron chi connectivity index (χ3n) is 3.27. The van der Waals surface area contributed by atoms with Gasteiger partial charge in [-0.3, -0.25) is 0 Å². The lowest BCUT2D eigenvalue weighted by atomic mass is 10.2. The number of carbonyl (C=O) groups excluding carboxylic acids is 1. The number of aliphatic hydroxyl groups is 1. The lowest BCUT2D eigenvalue weighted by molar-refractivity contribution is 0.167. The molecule has 0 aromatic heterocycles. The quantitative estimate of drug-likeness (QED) is 0.889. The van der Waals surface area contributed by atoms with Gasteiger partial charge >= 0.3 is 6.09 Å². The molecule has 2 N–H and O–H groups in total. The normalized spacial score (nSPS) is 18.5. The van der Waals surface area contributed by atoms with Crippen molar-refractivity contribution in [3.8, 4) is 0 Å². The summed E-state index contributed by atoms with van der Waals surface area (Å²) in [5.74, 6) is 0. The molecule has 1 aromatic carbocycles. The number of ether oxygens (including phenoxy) is 1.